The Morgan fingerprint density at radius 1 is 1.03 bits per heavy atom. The number of rotatable bonds is 14. The highest BCUT2D eigenvalue weighted by Gasteiger charge is 2.19. The van der Waals surface area contributed by atoms with Crippen molar-refractivity contribution in [1.82, 2.24) is 10.2 Å². The Bertz CT molecular complexity index is 991. The second kappa shape index (κ2) is 14.7. The average molecular weight is 485 g/mol. The summed E-state index contributed by atoms with van der Waals surface area (Å²) in [6.45, 7) is 6.51. The summed E-state index contributed by atoms with van der Waals surface area (Å²) in [5, 5.41) is 11.8. The highest BCUT2D eigenvalue weighted by molar-refractivity contribution is 5.82. The molecule has 35 heavy (non-hydrogen) atoms. The Balaban J connectivity index is 2.24. The van der Waals surface area contributed by atoms with Crippen LogP contribution in [0.1, 0.15) is 50.7 Å². The van der Waals surface area contributed by atoms with E-state index in [2.05, 4.69) is 5.32 Å². The first kappa shape index (κ1) is 27.7. The van der Waals surface area contributed by atoms with Crippen molar-refractivity contribution in [2.75, 3.05) is 26.3 Å². The van der Waals surface area contributed by atoms with Crippen LogP contribution in [0, 0.1) is 6.92 Å². The van der Waals surface area contributed by atoms with E-state index >= 15 is 0 Å². The van der Waals surface area contributed by atoms with E-state index in [-0.39, 0.29) is 19.0 Å². The Kier molecular flexibility index (Phi) is 11.6. The lowest BCUT2D eigenvalue weighted by molar-refractivity contribution is -0.139. The molecule has 0 unspecified atom stereocenters. The van der Waals surface area contributed by atoms with Gasteiger partial charge in [0, 0.05) is 18.7 Å². The monoisotopic (exact) mass is 484 g/mol. The van der Waals surface area contributed by atoms with Crippen molar-refractivity contribution in [3.05, 3.63) is 53.6 Å². The Morgan fingerprint density at radius 2 is 1.80 bits per heavy atom. The van der Waals surface area contributed by atoms with Gasteiger partial charge in [-0.3, -0.25) is 9.69 Å². The van der Waals surface area contributed by atoms with Gasteiger partial charge in [-0.25, -0.2) is 9.59 Å². The Morgan fingerprint density at radius 3 is 2.51 bits per heavy atom. The summed E-state index contributed by atoms with van der Waals surface area (Å²) in [4.78, 5) is 37.5. The normalized spacial score (nSPS) is 10.5. The molecule has 0 bridgehead atoms. The molecule has 2 amide bonds. The molecular formula is C27H36N2O6. The first-order chi connectivity index (χ1) is 16.8. The molecular weight excluding hydrogens is 448 g/mol. The fourth-order valence-electron chi connectivity index (χ4n) is 3.41. The smallest absolute Gasteiger partial charge is 0.410 e. The third-order valence-corrected chi connectivity index (χ3v) is 5.27. The SMILES string of the molecule is CCCCNC(=O)CN(Cc1cccc(-c2cc(C)ccc2OCC(=O)O)c1)C(=O)OCCCC. The zero-order chi connectivity index (χ0) is 25.6. The highest BCUT2D eigenvalue weighted by atomic mass is 16.6. The van der Waals surface area contributed by atoms with Crippen LogP contribution in [0.2, 0.25) is 0 Å². The molecule has 0 heterocycles. The number of aryl methyl sites for hydroxylation is 1. The molecule has 2 rings (SSSR count). The minimum absolute atomic E-state index is 0.101. The topological polar surface area (TPSA) is 105 Å². The van der Waals surface area contributed by atoms with E-state index in [1.165, 1.54) is 4.90 Å². The molecule has 0 saturated carbocycles. The quantitative estimate of drug-likeness (QED) is 0.374. The maximum absolute atomic E-state index is 12.7. The van der Waals surface area contributed by atoms with Gasteiger partial charge in [-0.05, 0) is 49.1 Å². The van der Waals surface area contributed by atoms with E-state index in [0.29, 0.717) is 18.9 Å². The van der Waals surface area contributed by atoms with Crippen LogP contribution in [0.15, 0.2) is 42.5 Å². The zero-order valence-corrected chi connectivity index (χ0v) is 20.8. The van der Waals surface area contributed by atoms with Gasteiger partial charge in [-0.15, -0.1) is 0 Å². The van der Waals surface area contributed by atoms with Crippen molar-refractivity contribution >= 4 is 18.0 Å². The van der Waals surface area contributed by atoms with Crippen molar-refractivity contribution in [3.63, 3.8) is 0 Å². The summed E-state index contributed by atoms with van der Waals surface area (Å²) in [5.41, 5.74) is 3.38. The first-order valence-electron chi connectivity index (χ1n) is 12.1. The number of hydrogen-bond acceptors (Lipinski definition) is 5. The largest absolute Gasteiger partial charge is 0.481 e. The molecule has 0 fully saturated rings. The summed E-state index contributed by atoms with van der Waals surface area (Å²) in [7, 11) is 0. The van der Waals surface area contributed by atoms with E-state index in [4.69, 9.17) is 14.6 Å². The van der Waals surface area contributed by atoms with Crippen LogP contribution in [0.4, 0.5) is 4.79 Å². The third-order valence-electron chi connectivity index (χ3n) is 5.27. The molecule has 0 aliphatic rings. The van der Waals surface area contributed by atoms with Crippen LogP contribution >= 0.6 is 0 Å². The van der Waals surface area contributed by atoms with Gasteiger partial charge in [0.2, 0.25) is 5.91 Å². The molecule has 8 heteroatoms. The molecule has 0 aliphatic heterocycles. The number of benzene rings is 2. The maximum atomic E-state index is 12.7. The molecule has 2 aromatic rings. The van der Waals surface area contributed by atoms with Crippen molar-refractivity contribution < 1.29 is 29.0 Å². The number of carbonyl (C=O) groups excluding carboxylic acids is 2. The second-order valence-electron chi connectivity index (χ2n) is 8.41. The molecule has 190 valence electrons. The molecule has 0 saturated heterocycles. The fraction of sp³-hybridized carbons (Fsp3) is 0.444. The number of carboxylic acid groups (broad SMARTS) is 1. The second-order valence-corrected chi connectivity index (χ2v) is 8.41. The van der Waals surface area contributed by atoms with E-state index in [1.807, 2.05) is 57.2 Å². The van der Waals surface area contributed by atoms with Gasteiger partial charge in [0.25, 0.3) is 0 Å². The summed E-state index contributed by atoms with van der Waals surface area (Å²) in [5.74, 6) is -0.828. The van der Waals surface area contributed by atoms with E-state index < -0.39 is 18.7 Å². The number of ether oxygens (including phenoxy) is 2. The predicted molar refractivity (Wildman–Crippen MR) is 134 cm³/mol. The third kappa shape index (κ3) is 9.68. The van der Waals surface area contributed by atoms with Crippen molar-refractivity contribution in [2.24, 2.45) is 0 Å². The maximum Gasteiger partial charge on any atom is 0.410 e. The molecule has 0 aliphatic carbocycles. The molecule has 2 N–H and O–H groups in total. The van der Waals surface area contributed by atoms with Crippen LogP contribution in [-0.4, -0.2) is 54.3 Å². The highest BCUT2D eigenvalue weighted by Crippen LogP contribution is 2.32. The fourth-order valence-corrected chi connectivity index (χ4v) is 3.41. The standard InChI is InChI=1S/C27H36N2O6/c1-4-6-13-28-25(30)18-29(27(33)34-14-7-5-2)17-21-9-8-10-22(16-21)23-15-20(3)11-12-24(23)35-19-26(31)32/h8-12,15-16H,4-7,13-14,17-19H2,1-3H3,(H,28,30)(H,31,32). The van der Waals surface area contributed by atoms with Gasteiger partial charge in [0.1, 0.15) is 12.3 Å². The van der Waals surface area contributed by atoms with E-state index in [0.717, 1.165) is 47.9 Å². The van der Waals surface area contributed by atoms with Crippen molar-refractivity contribution in [2.45, 2.75) is 53.0 Å². The minimum Gasteiger partial charge on any atom is -0.481 e. The number of unbranched alkanes of at least 4 members (excludes halogenated alkanes) is 2. The van der Waals surface area contributed by atoms with Crippen molar-refractivity contribution in [1.29, 1.82) is 0 Å². The van der Waals surface area contributed by atoms with E-state index in [9.17, 15) is 14.4 Å². The Labute approximate surface area is 207 Å². The molecule has 0 spiro atoms. The lowest BCUT2D eigenvalue weighted by atomic mass is 10.00. The predicted octanol–water partition coefficient (Wildman–Crippen LogP) is 4.78. The van der Waals surface area contributed by atoms with Crippen molar-refractivity contribution in [3.8, 4) is 16.9 Å². The minimum atomic E-state index is -1.06. The van der Waals surface area contributed by atoms with Gasteiger partial charge in [0.15, 0.2) is 6.61 Å². The molecule has 0 aromatic heterocycles. The average Bonchev–Trinajstić information content (AvgIpc) is 2.83. The van der Waals surface area contributed by atoms with Crippen LogP contribution in [-0.2, 0) is 20.9 Å². The lowest BCUT2D eigenvalue weighted by Crippen LogP contribution is -2.41. The molecule has 0 atom stereocenters. The number of nitrogens with one attached hydrogen (secondary N) is 1. The first-order valence-corrected chi connectivity index (χ1v) is 12.1. The van der Waals surface area contributed by atoms with Gasteiger partial charge < -0.3 is 19.9 Å². The van der Waals surface area contributed by atoms with Gasteiger partial charge >= 0.3 is 12.1 Å². The van der Waals surface area contributed by atoms with Gasteiger partial charge in [-0.1, -0.05) is 56.5 Å². The molecule has 8 nitrogen and oxygen atoms in total. The number of aliphatic carboxylic acids is 1. The number of carbonyl (C=O) groups is 3. The summed E-state index contributed by atoms with van der Waals surface area (Å²) in [6, 6.07) is 13.1. The molecule has 2 aromatic carbocycles. The van der Waals surface area contributed by atoms with Crippen LogP contribution in [0.5, 0.6) is 5.75 Å². The zero-order valence-electron chi connectivity index (χ0n) is 20.8. The number of hydrogen-bond donors (Lipinski definition) is 2. The summed E-state index contributed by atoms with van der Waals surface area (Å²) in [6.07, 6.45) is 2.96. The van der Waals surface area contributed by atoms with Crippen LogP contribution in [0.3, 0.4) is 0 Å². The van der Waals surface area contributed by atoms with Crippen LogP contribution in [0.25, 0.3) is 11.1 Å². The van der Waals surface area contributed by atoms with Gasteiger partial charge in [-0.2, -0.15) is 0 Å². The van der Waals surface area contributed by atoms with Gasteiger partial charge in [0.05, 0.1) is 6.61 Å². The number of amides is 2. The summed E-state index contributed by atoms with van der Waals surface area (Å²) < 4.78 is 10.9. The lowest BCUT2D eigenvalue weighted by Gasteiger charge is -2.22. The van der Waals surface area contributed by atoms with E-state index in [1.54, 1.807) is 6.07 Å². The molecule has 0 radical (unpaired) electrons. The summed E-state index contributed by atoms with van der Waals surface area (Å²) >= 11 is 0. The Hall–Kier alpha value is -3.55. The van der Waals surface area contributed by atoms with Crippen LogP contribution < -0.4 is 10.1 Å². The number of carboxylic acids is 1. The number of nitrogens with zero attached hydrogens (tertiary/aromatic N) is 1.